The molecular weight excluding hydrogens is 314 g/mol. The summed E-state index contributed by atoms with van der Waals surface area (Å²) in [5.74, 6) is -0.336. The number of nitrogens with zero attached hydrogens (tertiary/aromatic N) is 1. The second kappa shape index (κ2) is 7.85. The Balaban J connectivity index is 1.84. The van der Waals surface area contributed by atoms with Gasteiger partial charge in [0.15, 0.2) is 0 Å². The van der Waals surface area contributed by atoms with Crippen LogP contribution in [0.2, 0.25) is 0 Å². The smallest absolute Gasteiger partial charge is 0.269 e. The third kappa shape index (κ3) is 4.87. The topological polar surface area (TPSA) is 88.2 Å². The molecule has 7 heteroatoms. The van der Waals surface area contributed by atoms with Crippen LogP contribution in [-0.2, 0) is 16.4 Å². The summed E-state index contributed by atoms with van der Waals surface area (Å²) in [7, 11) is -3.56. The molecule has 122 valence electrons. The number of carbonyl (C=O) groups excluding carboxylic acids is 1. The molecule has 6 nitrogen and oxygen atoms in total. The van der Waals surface area contributed by atoms with E-state index in [4.69, 9.17) is 0 Å². The predicted octanol–water partition coefficient (Wildman–Crippen LogP) is 1.35. The maximum Gasteiger partial charge on any atom is 0.269 e. The van der Waals surface area contributed by atoms with E-state index < -0.39 is 10.0 Å². The van der Waals surface area contributed by atoms with Crippen LogP contribution in [0.25, 0.3) is 0 Å². The van der Waals surface area contributed by atoms with Crippen molar-refractivity contribution in [3.8, 4) is 0 Å². The number of sulfonamides is 1. The molecule has 0 aliphatic carbocycles. The molecule has 0 saturated carbocycles. The predicted molar refractivity (Wildman–Crippen MR) is 87.6 cm³/mol. The van der Waals surface area contributed by atoms with Crippen molar-refractivity contribution in [2.24, 2.45) is 0 Å². The number of aryl methyl sites for hydroxylation is 1. The van der Waals surface area contributed by atoms with Crippen molar-refractivity contribution in [2.45, 2.75) is 18.2 Å². The van der Waals surface area contributed by atoms with Crippen molar-refractivity contribution in [3.63, 3.8) is 0 Å². The zero-order valence-corrected chi connectivity index (χ0v) is 13.6. The van der Waals surface area contributed by atoms with E-state index >= 15 is 0 Å². The van der Waals surface area contributed by atoms with Gasteiger partial charge in [-0.05, 0) is 36.2 Å². The van der Waals surface area contributed by atoms with Gasteiger partial charge >= 0.3 is 0 Å². The fraction of sp³-hybridized carbons (Fsp3) is 0.250. The van der Waals surface area contributed by atoms with Crippen LogP contribution < -0.4 is 10.0 Å². The number of pyridine rings is 1. The van der Waals surface area contributed by atoms with E-state index in [0.29, 0.717) is 5.69 Å². The van der Waals surface area contributed by atoms with Gasteiger partial charge in [0.25, 0.3) is 5.91 Å². The fourth-order valence-corrected chi connectivity index (χ4v) is 2.97. The summed E-state index contributed by atoms with van der Waals surface area (Å²) in [5, 5.41) is 2.61. The number of aromatic nitrogens is 1. The third-order valence-electron chi connectivity index (χ3n) is 3.24. The van der Waals surface area contributed by atoms with Gasteiger partial charge in [0.1, 0.15) is 5.69 Å². The number of benzene rings is 1. The van der Waals surface area contributed by atoms with Gasteiger partial charge in [-0.3, -0.25) is 9.78 Å². The lowest BCUT2D eigenvalue weighted by Gasteiger charge is -2.08. The Morgan fingerprint density at radius 2 is 1.83 bits per heavy atom. The monoisotopic (exact) mass is 333 g/mol. The average Bonchev–Trinajstić information content (AvgIpc) is 2.59. The quantitative estimate of drug-likeness (QED) is 0.749. The van der Waals surface area contributed by atoms with Gasteiger partial charge in [-0.2, -0.15) is 0 Å². The summed E-state index contributed by atoms with van der Waals surface area (Å²) in [6.45, 7) is 2.30. The highest BCUT2D eigenvalue weighted by atomic mass is 32.2. The van der Waals surface area contributed by atoms with Crippen molar-refractivity contribution in [3.05, 3.63) is 59.9 Å². The zero-order valence-electron chi connectivity index (χ0n) is 12.8. The summed E-state index contributed by atoms with van der Waals surface area (Å²) in [5.41, 5.74) is 1.37. The molecule has 0 radical (unpaired) electrons. The minimum atomic E-state index is -3.56. The van der Waals surface area contributed by atoms with Gasteiger partial charge in [-0.25, -0.2) is 13.1 Å². The average molecular weight is 333 g/mol. The summed E-state index contributed by atoms with van der Waals surface area (Å²) in [6, 6.07) is 11.8. The highest BCUT2D eigenvalue weighted by Crippen LogP contribution is 2.10. The molecule has 0 saturated heterocycles. The first-order valence-electron chi connectivity index (χ1n) is 7.31. The minimum absolute atomic E-state index is 0.108. The molecule has 0 unspecified atom stereocenters. The van der Waals surface area contributed by atoms with E-state index in [0.717, 1.165) is 12.0 Å². The highest BCUT2D eigenvalue weighted by molar-refractivity contribution is 7.89. The second-order valence-corrected chi connectivity index (χ2v) is 6.63. The van der Waals surface area contributed by atoms with Crippen molar-refractivity contribution in [1.82, 2.24) is 15.0 Å². The Morgan fingerprint density at radius 1 is 1.09 bits per heavy atom. The maximum atomic E-state index is 12.1. The van der Waals surface area contributed by atoms with Crippen molar-refractivity contribution in [1.29, 1.82) is 0 Å². The van der Waals surface area contributed by atoms with Gasteiger partial charge in [-0.15, -0.1) is 0 Å². The summed E-state index contributed by atoms with van der Waals surface area (Å²) < 4.78 is 26.7. The second-order valence-electron chi connectivity index (χ2n) is 4.87. The Hall–Kier alpha value is -2.25. The van der Waals surface area contributed by atoms with Crippen LogP contribution in [0.5, 0.6) is 0 Å². The SMILES string of the molecule is CCc1ccc(S(=O)(=O)NCCNC(=O)c2ccccn2)cc1. The number of hydrogen-bond acceptors (Lipinski definition) is 4. The first-order chi connectivity index (χ1) is 11.0. The first-order valence-corrected chi connectivity index (χ1v) is 8.79. The van der Waals surface area contributed by atoms with Crippen LogP contribution >= 0.6 is 0 Å². The van der Waals surface area contributed by atoms with E-state index in [1.807, 2.05) is 6.92 Å². The van der Waals surface area contributed by atoms with Crippen LogP contribution in [0.15, 0.2) is 53.6 Å². The molecule has 1 heterocycles. The largest absolute Gasteiger partial charge is 0.349 e. The van der Waals surface area contributed by atoms with Crippen LogP contribution in [0.4, 0.5) is 0 Å². The molecule has 0 aliphatic heterocycles. The standard InChI is InChI=1S/C16H19N3O3S/c1-2-13-6-8-14(9-7-13)23(21,22)19-12-11-18-16(20)15-5-3-4-10-17-15/h3-10,19H,2,11-12H2,1H3,(H,18,20). The lowest BCUT2D eigenvalue weighted by atomic mass is 10.2. The molecule has 2 N–H and O–H groups in total. The van der Waals surface area contributed by atoms with Crippen molar-refractivity contribution < 1.29 is 13.2 Å². The highest BCUT2D eigenvalue weighted by Gasteiger charge is 2.13. The number of amides is 1. The van der Waals surface area contributed by atoms with E-state index in [9.17, 15) is 13.2 Å². The van der Waals surface area contributed by atoms with E-state index in [2.05, 4.69) is 15.0 Å². The number of hydrogen-bond donors (Lipinski definition) is 2. The van der Waals surface area contributed by atoms with Crippen LogP contribution in [0, 0.1) is 0 Å². The molecule has 0 spiro atoms. The first kappa shape index (κ1) is 17.1. The lowest BCUT2D eigenvalue weighted by Crippen LogP contribution is -2.35. The van der Waals surface area contributed by atoms with Crippen molar-refractivity contribution >= 4 is 15.9 Å². The Bertz CT molecular complexity index is 744. The third-order valence-corrected chi connectivity index (χ3v) is 4.72. The van der Waals surface area contributed by atoms with Crippen LogP contribution in [-0.4, -0.2) is 32.4 Å². The Morgan fingerprint density at radius 3 is 2.43 bits per heavy atom. The molecule has 1 aromatic carbocycles. The molecule has 1 amide bonds. The van der Waals surface area contributed by atoms with Crippen LogP contribution in [0.1, 0.15) is 23.0 Å². The summed E-state index contributed by atoms with van der Waals surface area (Å²) in [4.78, 5) is 15.9. The molecule has 0 bridgehead atoms. The number of carbonyl (C=O) groups is 1. The molecule has 23 heavy (non-hydrogen) atoms. The Kier molecular flexibility index (Phi) is 5.84. The van der Waals surface area contributed by atoms with Gasteiger partial charge in [-0.1, -0.05) is 25.1 Å². The molecule has 2 aromatic rings. The lowest BCUT2D eigenvalue weighted by molar-refractivity contribution is 0.0949. The maximum absolute atomic E-state index is 12.1. The van der Waals surface area contributed by atoms with Gasteiger partial charge in [0.05, 0.1) is 4.90 Å². The normalized spacial score (nSPS) is 11.2. The molecular formula is C16H19N3O3S. The van der Waals surface area contributed by atoms with E-state index in [1.165, 1.54) is 6.20 Å². The zero-order chi connectivity index (χ0) is 16.7. The molecule has 0 atom stereocenters. The summed E-state index contributed by atoms with van der Waals surface area (Å²) >= 11 is 0. The molecule has 2 rings (SSSR count). The molecule has 0 aliphatic rings. The fourth-order valence-electron chi connectivity index (χ4n) is 1.94. The Labute approximate surface area is 136 Å². The molecule has 0 fully saturated rings. The molecule has 1 aromatic heterocycles. The van der Waals surface area contributed by atoms with Gasteiger partial charge < -0.3 is 5.32 Å². The summed E-state index contributed by atoms with van der Waals surface area (Å²) in [6.07, 6.45) is 2.38. The van der Waals surface area contributed by atoms with Crippen LogP contribution in [0.3, 0.4) is 0 Å². The van der Waals surface area contributed by atoms with E-state index in [-0.39, 0.29) is 23.9 Å². The van der Waals surface area contributed by atoms with Gasteiger partial charge in [0, 0.05) is 19.3 Å². The van der Waals surface area contributed by atoms with Gasteiger partial charge in [0.2, 0.25) is 10.0 Å². The number of nitrogens with one attached hydrogen (secondary N) is 2. The minimum Gasteiger partial charge on any atom is -0.349 e. The number of rotatable bonds is 7. The van der Waals surface area contributed by atoms with E-state index in [1.54, 1.807) is 42.5 Å². The van der Waals surface area contributed by atoms with Crippen molar-refractivity contribution in [2.75, 3.05) is 13.1 Å².